The average Bonchev–Trinajstić information content (AvgIpc) is 2.53. The van der Waals surface area contributed by atoms with Crippen LogP contribution in [0.1, 0.15) is 0 Å². The second kappa shape index (κ2) is 5.32. The van der Waals surface area contributed by atoms with Crippen molar-refractivity contribution in [2.75, 3.05) is 14.2 Å². The minimum atomic E-state index is 0.111. The van der Waals surface area contributed by atoms with Crippen molar-refractivity contribution in [1.82, 2.24) is 0 Å². The molecule has 0 aliphatic carbocycles. The van der Waals surface area contributed by atoms with Crippen LogP contribution in [0.2, 0.25) is 0 Å². The highest BCUT2D eigenvalue weighted by Crippen LogP contribution is 2.34. The number of methoxy groups -OCH3 is 2. The molecule has 4 heteroatoms. The fourth-order valence-electron chi connectivity index (χ4n) is 2.18. The van der Waals surface area contributed by atoms with E-state index in [9.17, 15) is 5.11 Å². The van der Waals surface area contributed by atoms with Gasteiger partial charge in [-0.3, -0.25) is 0 Å². The number of hydrogen-bond acceptors (Lipinski definition) is 3. The predicted molar refractivity (Wildman–Crippen MR) is 80.8 cm³/mol. The molecule has 3 aromatic rings. The lowest BCUT2D eigenvalue weighted by Crippen LogP contribution is -1.85. The highest BCUT2D eigenvalue weighted by Gasteiger charge is 2.19. The van der Waals surface area contributed by atoms with Gasteiger partial charge in [0, 0.05) is 12.1 Å². The Balaban J connectivity index is 2.11. The van der Waals surface area contributed by atoms with Crippen molar-refractivity contribution in [1.29, 1.82) is 0 Å². The number of fused-ring (bicyclic) bond motifs is 1. The Labute approximate surface area is 122 Å². The lowest BCUT2D eigenvalue weighted by molar-refractivity contribution is 0.407. The molecule has 1 aromatic heterocycles. The van der Waals surface area contributed by atoms with Gasteiger partial charge in [-0.25, -0.2) is 4.42 Å². The molecule has 3 rings (SSSR count). The van der Waals surface area contributed by atoms with Gasteiger partial charge in [0.15, 0.2) is 0 Å². The topological polar surface area (TPSA) is 50.0 Å². The fourth-order valence-corrected chi connectivity index (χ4v) is 2.18. The van der Waals surface area contributed by atoms with Crippen LogP contribution in [0.5, 0.6) is 17.2 Å². The number of ether oxygens (including phenoxy) is 2. The summed E-state index contributed by atoms with van der Waals surface area (Å²) in [6.45, 7) is 0. The van der Waals surface area contributed by atoms with Crippen molar-refractivity contribution in [3.05, 3.63) is 48.5 Å². The molecule has 0 bridgehead atoms. The van der Waals surface area contributed by atoms with E-state index in [1.165, 1.54) is 0 Å². The van der Waals surface area contributed by atoms with E-state index >= 15 is 0 Å². The van der Waals surface area contributed by atoms with Crippen molar-refractivity contribution < 1.29 is 19.0 Å². The SMILES string of the molecule is COc1ccc(-c2ccc3ccc(OC)cc3[o+]2)c(O)c1. The van der Waals surface area contributed by atoms with Crippen LogP contribution in [0.25, 0.3) is 22.3 Å². The van der Waals surface area contributed by atoms with Gasteiger partial charge in [-0.1, -0.05) is 0 Å². The molecule has 0 atom stereocenters. The van der Waals surface area contributed by atoms with E-state index in [1.807, 2.05) is 30.3 Å². The van der Waals surface area contributed by atoms with Gasteiger partial charge in [0.2, 0.25) is 0 Å². The zero-order valence-corrected chi connectivity index (χ0v) is 11.8. The number of rotatable bonds is 3. The Morgan fingerprint density at radius 1 is 0.857 bits per heavy atom. The summed E-state index contributed by atoms with van der Waals surface area (Å²) in [5, 5.41) is 11.0. The Morgan fingerprint density at radius 3 is 2.24 bits per heavy atom. The van der Waals surface area contributed by atoms with Crippen molar-refractivity contribution in [3.63, 3.8) is 0 Å². The quantitative estimate of drug-likeness (QED) is 0.735. The predicted octanol–water partition coefficient (Wildman–Crippen LogP) is 4.10. The van der Waals surface area contributed by atoms with Crippen LogP contribution in [0.4, 0.5) is 0 Å². The zero-order chi connectivity index (χ0) is 14.8. The summed E-state index contributed by atoms with van der Waals surface area (Å²) in [5.41, 5.74) is 1.31. The molecule has 0 fully saturated rings. The molecular weight excluding hydrogens is 268 g/mol. The molecule has 0 saturated carbocycles. The number of aromatic hydroxyl groups is 1. The first-order valence-electron chi connectivity index (χ1n) is 6.49. The molecular formula is C17H15O4+. The second-order valence-electron chi connectivity index (χ2n) is 4.59. The maximum atomic E-state index is 10.1. The summed E-state index contributed by atoms with van der Waals surface area (Å²) in [4.78, 5) is 0. The summed E-state index contributed by atoms with van der Waals surface area (Å²) in [5.74, 6) is 2.01. The summed E-state index contributed by atoms with van der Waals surface area (Å²) in [7, 11) is 3.17. The highest BCUT2D eigenvalue weighted by atomic mass is 16.5. The van der Waals surface area contributed by atoms with Gasteiger partial charge in [0.1, 0.15) is 22.8 Å². The number of hydrogen-bond donors (Lipinski definition) is 1. The summed E-state index contributed by atoms with van der Waals surface area (Å²) in [6.07, 6.45) is 0. The third kappa shape index (κ3) is 2.48. The molecule has 0 spiro atoms. The molecule has 1 heterocycles. The number of benzene rings is 2. The monoisotopic (exact) mass is 283 g/mol. The van der Waals surface area contributed by atoms with Gasteiger partial charge in [0.25, 0.3) is 0 Å². The van der Waals surface area contributed by atoms with E-state index in [-0.39, 0.29) is 5.75 Å². The minimum Gasteiger partial charge on any atom is -0.507 e. The highest BCUT2D eigenvalue weighted by molar-refractivity contribution is 5.81. The maximum Gasteiger partial charge on any atom is 0.364 e. The molecule has 4 nitrogen and oxygen atoms in total. The standard InChI is InChI=1S/C17H14O4/c1-19-12-6-7-14(15(18)9-12)16-8-4-11-3-5-13(20-2)10-17(11)21-16/h3-10H,1-2H3/p+1. The molecule has 0 saturated heterocycles. The van der Waals surface area contributed by atoms with Gasteiger partial charge in [-0.2, -0.15) is 0 Å². The van der Waals surface area contributed by atoms with Gasteiger partial charge in [-0.05, 0) is 30.3 Å². The van der Waals surface area contributed by atoms with Gasteiger partial charge in [0.05, 0.1) is 25.7 Å². The molecule has 1 N–H and O–H groups in total. The van der Waals surface area contributed by atoms with E-state index in [0.717, 1.165) is 11.1 Å². The van der Waals surface area contributed by atoms with Crippen LogP contribution in [0, 0.1) is 0 Å². The normalized spacial score (nSPS) is 10.6. The van der Waals surface area contributed by atoms with Gasteiger partial charge in [-0.15, -0.1) is 0 Å². The lowest BCUT2D eigenvalue weighted by atomic mass is 10.1. The summed E-state index contributed by atoms with van der Waals surface area (Å²) >= 11 is 0. The van der Waals surface area contributed by atoms with E-state index < -0.39 is 0 Å². The Hall–Kier alpha value is -2.75. The summed E-state index contributed by atoms with van der Waals surface area (Å²) < 4.78 is 16.1. The van der Waals surface area contributed by atoms with E-state index in [2.05, 4.69) is 0 Å². The van der Waals surface area contributed by atoms with Crippen molar-refractivity contribution in [2.45, 2.75) is 0 Å². The minimum absolute atomic E-state index is 0.111. The van der Waals surface area contributed by atoms with Gasteiger partial charge < -0.3 is 14.6 Å². The maximum absolute atomic E-state index is 10.1. The van der Waals surface area contributed by atoms with E-state index in [4.69, 9.17) is 13.9 Å². The molecule has 0 radical (unpaired) electrons. The average molecular weight is 283 g/mol. The van der Waals surface area contributed by atoms with Crippen LogP contribution in [-0.4, -0.2) is 19.3 Å². The first-order chi connectivity index (χ1) is 10.2. The Morgan fingerprint density at radius 2 is 1.52 bits per heavy atom. The molecule has 0 aliphatic heterocycles. The molecule has 2 aromatic carbocycles. The smallest absolute Gasteiger partial charge is 0.364 e. The Bertz CT molecular complexity index is 796. The number of phenolic OH excluding ortho intramolecular Hbond substituents is 1. The van der Waals surface area contributed by atoms with E-state index in [1.54, 1.807) is 32.4 Å². The molecule has 106 valence electrons. The fraction of sp³-hybridized carbons (Fsp3) is 0.118. The molecule has 21 heavy (non-hydrogen) atoms. The third-order valence-electron chi connectivity index (χ3n) is 3.33. The molecule has 0 amide bonds. The second-order valence-corrected chi connectivity index (χ2v) is 4.59. The zero-order valence-electron chi connectivity index (χ0n) is 11.8. The van der Waals surface area contributed by atoms with E-state index in [0.29, 0.717) is 22.7 Å². The summed E-state index contributed by atoms with van der Waals surface area (Å²) in [6, 6.07) is 14.5. The molecule has 0 aliphatic rings. The van der Waals surface area contributed by atoms with Crippen LogP contribution < -0.4 is 9.47 Å². The van der Waals surface area contributed by atoms with Crippen molar-refractivity contribution >= 4 is 11.0 Å². The largest absolute Gasteiger partial charge is 0.507 e. The van der Waals surface area contributed by atoms with Crippen LogP contribution in [0.3, 0.4) is 0 Å². The molecule has 0 unspecified atom stereocenters. The first-order valence-corrected chi connectivity index (χ1v) is 6.49. The lowest BCUT2D eigenvalue weighted by Gasteiger charge is -2.02. The van der Waals surface area contributed by atoms with Crippen LogP contribution in [-0.2, 0) is 0 Å². The van der Waals surface area contributed by atoms with Crippen molar-refractivity contribution in [3.8, 4) is 28.6 Å². The van der Waals surface area contributed by atoms with Crippen LogP contribution in [0.15, 0.2) is 52.9 Å². The van der Waals surface area contributed by atoms with Crippen molar-refractivity contribution in [2.24, 2.45) is 0 Å². The van der Waals surface area contributed by atoms with Gasteiger partial charge >= 0.3 is 11.3 Å². The van der Waals surface area contributed by atoms with Crippen LogP contribution >= 0.6 is 0 Å². The first kappa shape index (κ1) is 13.2. The third-order valence-corrected chi connectivity index (χ3v) is 3.33. The Kier molecular flexibility index (Phi) is 3.36. The number of phenols is 1.